The highest BCUT2D eigenvalue weighted by Gasteiger charge is 2.20. The predicted molar refractivity (Wildman–Crippen MR) is 106 cm³/mol. The Kier molecular flexibility index (Phi) is 6.42. The monoisotopic (exact) mass is 374 g/mol. The van der Waals surface area contributed by atoms with E-state index in [2.05, 4.69) is 5.32 Å². The summed E-state index contributed by atoms with van der Waals surface area (Å²) in [6.45, 7) is 5.86. The van der Waals surface area contributed by atoms with Gasteiger partial charge in [-0.2, -0.15) is 0 Å². The lowest BCUT2D eigenvalue weighted by Gasteiger charge is -2.23. The second-order valence-electron chi connectivity index (χ2n) is 6.63. The van der Waals surface area contributed by atoms with Gasteiger partial charge in [-0.1, -0.05) is 36.4 Å². The summed E-state index contributed by atoms with van der Waals surface area (Å²) < 4.78 is 25.7. The van der Waals surface area contributed by atoms with Crippen LogP contribution in [0.1, 0.15) is 36.1 Å². The molecule has 1 amide bonds. The third-order valence-corrected chi connectivity index (χ3v) is 5.31. The minimum absolute atomic E-state index is 0.0945. The topological polar surface area (TPSA) is 66.5 Å². The number of aryl methyl sites for hydroxylation is 2. The molecule has 2 aromatic carbocycles. The normalized spacial score (nSPS) is 12.5. The molecule has 0 spiro atoms. The highest BCUT2D eigenvalue weighted by atomic mass is 32.2. The van der Waals surface area contributed by atoms with Crippen LogP contribution in [-0.2, 0) is 14.8 Å². The number of carbonyl (C=O) groups is 1. The van der Waals surface area contributed by atoms with Crippen LogP contribution in [0.2, 0.25) is 0 Å². The van der Waals surface area contributed by atoms with Crippen molar-refractivity contribution in [1.82, 2.24) is 5.32 Å². The number of benzene rings is 2. The Bertz CT molecular complexity index is 844. The second kappa shape index (κ2) is 8.36. The molecule has 0 aliphatic rings. The molecule has 0 fully saturated rings. The first kappa shape index (κ1) is 20.0. The summed E-state index contributed by atoms with van der Waals surface area (Å²) >= 11 is 0. The molecule has 26 heavy (non-hydrogen) atoms. The minimum atomic E-state index is -3.47. The highest BCUT2D eigenvalue weighted by molar-refractivity contribution is 7.92. The SMILES string of the molecule is Cc1cc(C)cc(N(CCC(=O)NC(C)c2ccccc2)S(C)(=O)=O)c1. The van der Waals surface area contributed by atoms with Crippen LogP contribution in [0, 0.1) is 13.8 Å². The molecular formula is C20H26N2O3S. The van der Waals surface area contributed by atoms with E-state index in [4.69, 9.17) is 0 Å². The molecule has 0 saturated heterocycles. The van der Waals surface area contributed by atoms with Crippen molar-refractivity contribution in [3.63, 3.8) is 0 Å². The maximum Gasteiger partial charge on any atom is 0.232 e. The van der Waals surface area contributed by atoms with Crippen LogP contribution >= 0.6 is 0 Å². The van der Waals surface area contributed by atoms with Crippen LogP contribution in [0.4, 0.5) is 5.69 Å². The van der Waals surface area contributed by atoms with Crippen molar-refractivity contribution in [2.45, 2.75) is 33.2 Å². The van der Waals surface area contributed by atoms with Crippen LogP contribution in [0.3, 0.4) is 0 Å². The number of amides is 1. The van der Waals surface area contributed by atoms with E-state index in [-0.39, 0.29) is 24.9 Å². The van der Waals surface area contributed by atoms with E-state index in [1.54, 1.807) is 0 Å². The van der Waals surface area contributed by atoms with Crippen molar-refractivity contribution >= 4 is 21.6 Å². The molecule has 6 heteroatoms. The second-order valence-corrected chi connectivity index (χ2v) is 8.54. The van der Waals surface area contributed by atoms with Crippen LogP contribution < -0.4 is 9.62 Å². The number of carbonyl (C=O) groups excluding carboxylic acids is 1. The average molecular weight is 375 g/mol. The largest absolute Gasteiger partial charge is 0.350 e. The Morgan fingerprint density at radius 2 is 1.65 bits per heavy atom. The van der Waals surface area contributed by atoms with Gasteiger partial charge in [0.15, 0.2) is 0 Å². The van der Waals surface area contributed by atoms with E-state index in [1.807, 2.05) is 69.3 Å². The Labute approximate surface area is 156 Å². The fourth-order valence-corrected chi connectivity index (χ4v) is 3.83. The number of nitrogens with zero attached hydrogens (tertiary/aromatic N) is 1. The van der Waals surface area contributed by atoms with Crippen LogP contribution in [-0.4, -0.2) is 27.1 Å². The number of hydrogen-bond donors (Lipinski definition) is 1. The van der Waals surface area contributed by atoms with Crippen molar-refractivity contribution in [3.8, 4) is 0 Å². The molecule has 0 heterocycles. The third kappa shape index (κ3) is 5.59. The quantitative estimate of drug-likeness (QED) is 0.808. The Hall–Kier alpha value is -2.34. The minimum Gasteiger partial charge on any atom is -0.350 e. The van der Waals surface area contributed by atoms with Gasteiger partial charge >= 0.3 is 0 Å². The van der Waals surface area contributed by atoms with Crippen LogP contribution in [0.15, 0.2) is 48.5 Å². The van der Waals surface area contributed by atoms with Gasteiger partial charge < -0.3 is 5.32 Å². The smallest absolute Gasteiger partial charge is 0.232 e. The molecule has 0 bridgehead atoms. The summed E-state index contributed by atoms with van der Waals surface area (Å²) in [6, 6.07) is 15.2. The van der Waals surface area contributed by atoms with Crippen molar-refractivity contribution in [2.24, 2.45) is 0 Å². The molecule has 2 rings (SSSR count). The van der Waals surface area contributed by atoms with E-state index in [9.17, 15) is 13.2 Å². The summed E-state index contributed by atoms with van der Waals surface area (Å²) in [4.78, 5) is 12.3. The van der Waals surface area contributed by atoms with Gasteiger partial charge in [0.05, 0.1) is 18.0 Å². The summed E-state index contributed by atoms with van der Waals surface area (Å²) in [5, 5.41) is 2.92. The molecule has 0 aliphatic carbocycles. The molecule has 0 aliphatic heterocycles. The van der Waals surface area contributed by atoms with Gasteiger partial charge in [-0.15, -0.1) is 0 Å². The highest BCUT2D eigenvalue weighted by Crippen LogP contribution is 2.21. The van der Waals surface area contributed by atoms with Crippen LogP contribution in [0.25, 0.3) is 0 Å². The van der Waals surface area contributed by atoms with E-state index < -0.39 is 10.0 Å². The average Bonchev–Trinajstić information content (AvgIpc) is 2.53. The zero-order valence-corrected chi connectivity index (χ0v) is 16.5. The molecule has 0 aromatic heterocycles. The molecule has 0 radical (unpaired) electrons. The van der Waals surface area contributed by atoms with Gasteiger partial charge in [-0.25, -0.2) is 8.42 Å². The Morgan fingerprint density at radius 3 is 2.19 bits per heavy atom. The molecule has 5 nitrogen and oxygen atoms in total. The molecule has 2 aromatic rings. The predicted octanol–water partition coefficient (Wildman–Crippen LogP) is 3.34. The van der Waals surface area contributed by atoms with E-state index >= 15 is 0 Å². The summed E-state index contributed by atoms with van der Waals surface area (Å²) in [6.07, 6.45) is 1.26. The van der Waals surface area contributed by atoms with Gasteiger partial charge in [0.25, 0.3) is 0 Å². The van der Waals surface area contributed by atoms with E-state index in [1.165, 1.54) is 4.31 Å². The standard InChI is InChI=1S/C20H26N2O3S/c1-15-12-16(2)14-19(13-15)22(26(4,24)25)11-10-20(23)21-17(3)18-8-6-5-7-9-18/h5-9,12-14,17H,10-11H2,1-4H3,(H,21,23). The molecule has 1 unspecified atom stereocenters. The zero-order chi connectivity index (χ0) is 19.3. The van der Waals surface area contributed by atoms with E-state index in [0.29, 0.717) is 5.69 Å². The zero-order valence-electron chi connectivity index (χ0n) is 15.7. The molecule has 1 N–H and O–H groups in total. The molecule has 140 valence electrons. The number of rotatable bonds is 7. The summed E-state index contributed by atoms with van der Waals surface area (Å²) in [5.41, 5.74) is 3.57. The van der Waals surface area contributed by atoms with Crippen molar-refractivity contribution < 1.29 is 13.2 Å². The summed E-state index contributed by atoms with van der Waals surface area (Å²) in [7, 11) is -3.47. The van der Waals surface area contributed by atoms with Crippen molar-refractivity contribution in [2.75, 3.05) is 17.1 Å². The fraction of sp³-hybridized carbons (Fsp3) is 0.350. The molecule has 0 saturated carbocycles. The summed E-state index contributed by atoms with van der Waals surface area (Å²) in [5.74, 6) is -0.181. The lowest BCUT2D eigenvalue weighted by atomic mass is 10.1. The van der Waals surface area contributed by atoms with Crippen LogP contribution in [0.5, 0.6) is 0 Å². The number of hydrogen-bond acceptors (Lipinski definition) is 3. The van der Waals surface area contributed by atoms with Gasteiger partial charge in [0, 0.05) is 13.0 Å². The Morgan fingerprint density at radius 1 is 1.08 bits per heavy atom. The number of sulfonamides is 1. The maximum absolute atomic E-state index is 12.3. The maximum atomic E-state index is 12.3. The lowest BCUT2D eigenvalue weighted by molar-refractivity contribution is -0.121. The molecular weight excluding hydrogens is 348 g/mol. The van der Waals surface area contributed by atoms with E-state index in [0.717, 1.165) is 22.9 Å². The number of nitrogens with one attached hydrogen (secondary N) is 1. The van der Waals surface area contributed by atoms with Gasteiger partial charge in [-0.3, -0.25) is 9.10 Å². The first-order valence-electron chi connectivity index (χ1n) is 8.57. The first-order valence-corrected chi connectivity index (χ1v) is 10.4. The number of anilines is 1. The van der Waals surface area contributed by atoms with Gasteiger partial charge in [0.1, 0.15) is 0 Å². The first-order chi connectivity index (χ1) is 12.2. The Balaban J connectivity index is 2.07. The lowest BCUT2D eigenvalue weighted by Crippen LogP contribution is -2.35. The van der Waals surface area contributed by atoms with Gasteiger partial charge in [-0.05, 0) is 49.6 Å². The fourth-order valence-electron chi connectivity index (χ4n) is 2.92. The van der Waals surface area contributed by atoms with Crippen molar-refractivity contribution in [3.05, 3.63) is 65.2 Å². The molecule has 1 atom stereocenters. The van der Waals surface area contributed by atoms with Gasteiger partial charge in [0.2, 0.25) is 15.9 Å². The third-order valence-electron chi connectivity index (χ3n) is 4.11. The van der Waals surface area contributed by atoms with Crippen molar-refractivity contribution in [1.29, 1.82) is 0 Å².